The number of anilines is 1. The highest BCUT2D eigenvalue weighted by atomic mass is 79.9. The fraction of sp³-hybridized carbons (Fsp3) is 0.615. The van der Waals surface area contributed by atoms with E-state index in [4.69, 9.17) is 5.26 Å². The van der Waals surface area contributed by atoms with E-state index < -0.39 is 0 Å². The van der Waals surface area contributed by atoms with Gasteiger partial charge in [-0.25, -0.2) is 9.97 Å². The second kappa shape index (κ2) is 7.32. The van der Waals surface area contributed by atoms with Crippen LogP contribution in [0.25, 0.3) is 0 Å². The SMILES string of the molecule is CCCc1nc(Br)cc(N(CCC#N)C(C)C)n1. The first-order chi connectivity index (χ1) is 8.58. The molecule has 4 nitrogen and oxygen atoms in total. The Bertz CT molecular complexity index is 425. The van der Waals surface area contributed by atoms with E-state index in [1.807, 2.05) is 6.07 Å². The molecule has 0 N–H and O–H groups in total. The van der Waals surface area contributed by atoms with E-state index >= 15 is 0 Å². The summed E-state index contributed by atoms with van der Waals surface area (Å²) in [5, 5.41) is 8.72. The van der Waals surface area contributed by atoms with Crippen LogP contribution in [-0.2, 0) is 6.42 Å². The molecule has 0 saturated carbocycles. The molecule has 1 heterocycles. The molecule has 0 unspecified atom stereocenters. The molecule has 0 saturated heterocycles. The number of hydrogen-bond donors (Lipinski definition) is 0. The molecule has 0 aliphatic carbocycles. The number of halogens is 1. The summed E-state index contributed by atoms with van der Waals surface area (Å²) < 4.78 is 0.804. The van der Waals surface area contributed by atoms with Gasteiger partial charge < -0.3 is 4.90 Å². The first kappa shape index (κ1) is 14.9. The quantitative estimate of drug-likeness (QED) is 0.756. The largest absolute Gasteiger partial charge is 0.353 e. The molecule has 0 amide bonds. The van der Waals surface area contributed by atoms with Crippen molar-refractivity contribution in [1.82, 2.24) is 9.97 Å². The van der Waals surface area contributed by atoms with Gasteiger partial charge in [0.05, 0.1) is 12.5 Å². The second-order valence-electron chi connectivity index (χ2n) is 4.41. The summed E-state index contributed by atoms with van der Waals surface area (Å²) in [4.78, 5) is 11.1. The van der Waals surface area contributed by atoms with Gasteiger partial charge in [-0.05, 0) is 36.2 Å². The highest BCUT2D eigenvalue weighted by molar-refractivity contribution is 9.10. The second-order valence-corrected chi connectivity index (χ2v) is 5.22. The first-order valence-electron chi connectivity index (χ1n) is 6.25. The third-order valence-electron chi connectivity index (χ3n) is 2.58. The lowest BCUT2D eigenvalue weighted by molar-refractivity contribution is 0.669. The molecule has 0 atom stereocenters. The summed E-state index contributed by atoms with van der Waals surface area (Å²) >= 11 is 3.43. The topological polar surface area (TPSA) is 52.8 Å². The van der Waals surface area contributed by atoms with E-state index in [1.54, 1.807) is 0 Å². The van der Waals surface area contributed by atoms with Gasteiger partial charge in [0.2, 0.25) is 0 Å². The smallest absolute Gasteiger partial charge is 0.133 e. The molecule has 0 aliphatic heterocycles. The van der Waals surface area contributed by atoms with Crippen molar-refractivity contribution < 1.29 is 0 Å². The number of aromatic nitrogens is 2. The van der Waals surface area contributed by atoms with Crippen molar-refractivity contribution in [2.75, 3.05) is 11.4 Å². The number of nitriles is 1. The zero-order valence-electron chi connectivity index (χ0n) is 11.1. The van der Waals surface area contributed by atoms with Crippen molar-refractivity contribution in [2.24, 2.45) is 0 Å². The minimum Gasteiger partial charge on any atom is -0.353 e. The van der Waals surface area contributed by atoms with Gasteiger partial charge >= 0.3 is 0 Å². The molecule has 0 radical (unpaired) electrons. The molecule has 0 bridgehead atoms. The number of aryl methyl sites for hydroxylation is 1. The van der Waals surface area contributed by atoms with Crippen molar-refractivity contribution in [3.8, 4) is 6.07 Å². The van der Waals surface area contributed by atoms with Crippen LogP contribution in [0.15, 0.2) is 10.7 Å². The fourth-order valence-corrected chi connectivity index (χ4v) is 2.15. The van der Waals surface area contributed by atoms with Gasteiger partial charge in [-0.15, -0.1) is 0 Å². The number of hydrogen-bond acceptors (Lipinski definition) is 4. The van der Waals surface area contributed by atoms with Gasteiger partial charge in [0, 0.05) is 25.1 Å². The molecule has 0 spiro atoms. The Morgan fingerprint density at radius 1 is 1.44 bits per heavy atom. The van der Waals surface area contributed by atoms with Crippen LogP contribution in [-0.4, -0.2) is 22.6 Å². The van der Waals surface area contributed by atoms with Crippen molar-refractivity contribution in [1.29, 1.82) is 5.26 Å². The molecule has 1 aromatic heterocycles. The molecule has 18 heavy (non-hydrogen) atoms. The van der Waals surface area contributed by atoms with E-state index in [2.05, 4.69) is 57.6 Å². The maximum absolute atomic E-state index is 8.72. The van der Waals surface area contributed by atoms with Crippen LogP contribution < -0.4 is 4.90 Å². The van der Waals surface area contributed by atoms with Crippen molar-refractivity contribution >= 4 is 21.7 Å². The Labute approximate surface area is 117 Å². The lowest BCUT2D eigenvalue weighted by Crippen LogP contribution is -2.32. The third kappa shape index (κ3) is 4.26. The van der Waals surface area contributed by atoms with Gasteiger partial charge in [0.15, 0.2) is 0 Å². The molecular formula is C13H19BrN4. The van der Waals surface area contributed by atoms with E-state index in [0.29, 0.717) is 19.0 Å². The summed E-state index contributed by atoms with van der Waals surface area (Å²) in [6.07, 6.45) is 2.40. The average molecular weight is 311 g/mol. The summed E-state index contributed by atoms with van der Waals surface area (Å²) in [5.74, 6) is 1.75. The van der Waals surface area contributed by atoms with Gasteiger partial charge in [0.1, 0.15) is 16.2 Å². The average Bonchev–Trinajstić information content (AvgIpc) is 2.28. The van der Waals surface area contributed by atoms with Crippen LogP contribution in [0.1, 0.15) is 39.4 Å². The highest BCUT2D eigenvalue weighted by Crippen LogP contribution is 2.19. The minimum atomic E-state index is 0.314. The summed E-state index contributed by atoms with van der Waals surface area (Å²) in [7, 11) is 0. The molecule has 0 fully saturated rings. The molecule has 0 aromatic carbocycles. The summed E-state index contributed by atoms with van der Waals surface area (Å²) in [6, 6.07) is 4.41. The number of nitrogens with zero attached hydrogens (tertiary/aromatic N) is 4. The zero-order chi connectivity index (χ0) is 13.5. The molecule has 1 rings (SSSR count). The Hall–Kier alpha value is -1.15. The Morgan fingerprint density at radius 2 is 2.17 bits per heavy atom. The number of rotatable bonds is 6. The predicted molar refractivity (Wildman–Crippen MR) is 76.4 cm³/mol. The lowest BCUT2D eigenvalue weighted by Gasteiger charge is -2.27. The van der Waals surface area contributed by atoms with E-state index in [0.717, 1.165) is 29.1 Å². The maximum atomic E-state index is 8.72. The monoisotopic (exact) mass is 310 g/mol. The fourth-order valence-electron chi connectivity index (χ4n) is 1.74. The van der Waals surface area contributed by atoms with Gasteiger partial charge in [-0.1, -0.05) is 6.92 Å². The van der Waals surface area contributed by atoms with Crippen LogP contribution in [0.4, 0.5) is 5.82 Å². The molecule has 5 heteroatoms. The maximum Gasteiger partial charge on any atom is 0.133 e. The van der Waals surface area contributed by atoms with Crippen molar-refractivity contribution in [2.45, 2.75) is 46.1 Å². The Balaban J connectivity index is 3.00. The van der Waals surface area contributed by atoms with Crippen LogP contribution in [0, 0.1) is 11.3 Å². The molecular weight excluding hydrogens is 292 g/mol. The summed E-state index contributed by atoms with van der Waals surface area (Å²) in [5.41, 5.74) is 0. The van der Waals surface area contributed by atoms with E-state index in [1.165, 1.54) is 0 Å². The van der Waals surface area contributed by atoms with Crippen molar-refractivity contribution in [3.63, 3.8) is 0 Å². The van der Waals surface area contributed by atoms with Gasteiger partial charge in [-0.2, -0.15) is 5.26 Å². The Morgan fingerprint density at radius 3 is 2.72 bits per heavy atom. The highest BCUT2D eigenvalue weighted by Gasteiger charge is 2.13. The lowest BCUT2D eigenvalue weighted by atomic mass is 10.2. The normalized spacial score (nSPS) is 10.4. The van der Waals surface area contributed by atoms with E-state index in [9.17, 15) is 0 Å². The Kier molecular flexibility index (Phi) is 6.06. The summed E-state index contributed by atoms with van der Waals surface area (Å²) in [6.45, 7) is 7.02. The van der Waals surface area contributed by atoms with Crippen LogP contribution >= 0.6 is 15.9 Å². The first-order valence-corrected chi connectivity index (χ1v) is 7.04. The predicted octanol–water partition coefficient (Wildman–Crippen LogP) is 3.32. The standard InChI is InChI=1S/C13H19BrN4/c1-4-6-12-16-11(14)9-13(17-12)18(10(2)3)8-5-7-15/h9-10H,4-6,8H2,1-3H3. The third-order valence-corrected chi connectivity index (χ3v) is 2.99. The van der Waals surface area contributed by atoms with Gasteiger partial charge in [-0.3, -0.25) is 0 Å². The van der Waals surface area contributed by atoms with Crippen LogP contribution in [0.2, 0.25) is 0 Å². The molecule has 98 valence electrons. The minimum absolute atomic E-state index is 0.314. The van der Waals surface area contributed by atoms with Crippen LogP contribution in [0.3, 0.4) is 0 Å². The van der Waals surface area contributed by atoms with E-state index in [-0.39, 0.29) is 0 Å². The van der Waals surface area contributed by atoms with Crippen LogP contribution in [0.5, 0.6) is 0 Å². The zero-order valence-corrected chi connectivity index (χ0v) is 12.7. The van der Waals surface area contributed by atoms with Crippen molar-refractivity contribution in [3.05, 3.63) is 16.5 Å². The van der Waals surface area contributed by atoms with Gasteiger partial charge in [0.25, 0.3) is 0 Å². The molecule has 0 aliphatic rings. The molecule has 1 aromatic rings.